The first-order chi connectivity index (χ1) is 9.19. The third-order valence-corrected chi connectivity index (χ3v) is 4.56. The molecule has 1 aromatic carbocycles. The molecule has 0 N–H and O–H groups in total. The number of hydrogen-bond donors (Lipinski definition) is 0. The molecule has 1 aliphatic rings. The molecule has 1 saturated heterocycles. The molecule has 0 radical (unpaired) electrons. The van der Waals surface area contributed by atoms with Gasteiger partial charge in [-0.1, -0.05) is 31.5 Å². The predicted molar refractivity (Wildman–Crippen MR) is 78.2 cm³/mol. The highest BCUT2D eigenvalue weighted by atomic mass is 35.5. The van der Waals surface area contributed by atoms with Crippen molar-refractivity contribution >= 4 is 24.2 Å². The molecule has 2 rings (SSSR count). The van der Waals surface area contributed by atoms with E-state index in [4.69, 9.17) is 25.6 Å². The lowest BCUT2D eigenvalue weighted by atomic mass is 9.69. The van der Waals surface area contributed by atoms with E-state index < -0.39 is 18.5 Å². The predicted octanol–water partition coefficient (Wildman–Crippen LogP) is 3.03. The summed E-state index contributed by atoms with van der Waals surface area (Å²) in [6.07, 6.45) is 0. The molecule has 20 heavy (non-hydrogen) atoms. The van der Waals surface area contributed by atoms with E-state index in [9.17, 15) is 4.39 Å². The summed E-state index contributed by atoms with van der Waals surface area (Å²) in [5.41, 5.74) is -0.0649. The fourth-order valence-corrected chi connectivity index (χ4v) is 2.20. The average molecular weight is 301 g/mol. The second-order valence-electron chi connectivity index (χ2n) is 6.14. The minimum absolute atomic E-state index is 0.0233. The van der Waals surface area contributed by atoms with Crippen LogP contribution >= 0.6 is 11.6 Å². The lowest BCUT2D eigenvalue weighted by molar-refractivity contribution is -0.0937. The fraction of sp³-hybridized carbons (Fsp3) is 0.571. The zero-order valence-corrected chi connectivity index (χ0v) is 13.2. The van der Waals surface area contributed by atoms with Crippen LogP contribution in [0.3, 0.4) is 0 Å². The van der Waals surface area contributed by atoms with Gasteiger partial charge in [0.2, 0.25) is 0 Å². The van der Waals surface area contributed by atoms with Gasteiger partial charge in [-0.3, -0.25) is 0 Å². The molecular weight excluding hydrogens is 281 g/mol. The highest BCUT2D eigenvalue weighted by Crippen LogP contribution is 2.38. The molecule has 0 bridgehead atoms. The molecule has 6 heteroatoms. The molecule has 1 aliphatic heterocycles. The zero-order valence-electron chi connectivity index (χ0n) is 12.4. The van der Waals surface area contributed by atoms with Crippen LogP contribution in [-0.2, 0) is 9.31 Å². The van der Waals surface area contributed by atoms with Gasteiger partial charge in [0.1, 0.15) is 0 Å². The minimum Gasteiger partial charge on any atom is -0.494 e. The van der Waals surface area contributed by atoms with E-state index >= 15 is 0 Å². The Morgan fingerprint density at radius 1 is 1.30 bits per heavy atom. The third-order valence-electron chi connectivity index (χ3n) is 4.18. The van der Waals surface area contributed by atoms with Gasteiger partial charge in [-0.05, 0) is 19.9 Å². The van der Waals surface area contributed by atoms with Crippen molar-refractivity contribution in [2.45, 2.75) is 33.3 Å². The lowest BCUT2D eigenvalue weighted by Crippen LogP contribution is -2.58. The highest BCUT2D eigenvalue weighted by molar-refractivity contribution is 6.65. The van der Waals surface area contributed by atoms with Gasteiger partial charge in [0.05, 0.1) is 17.7 Å². The molecule has 3 nitrogen and oxygen atoms in total. The van der Waals surface area contributed by atoms with Crippen LogP contribution in [0.5, 0.6) is 5.75 Å². The summed E-state index contributed by atoms with van der Waals surface area (Å²) in [5, 5.41) is -0.0233. The molecule has 0 aliphatic carbocycles. The number of rotatable bonds is 2. The van der Waals surface area contributed by atoms with Gasteiger partial charge in [-0.15, -0.1) is 0 Å². The van der Waals surface area contributed by atoms with E-state index in [0.29, 0.717) is 12.1 Å². The Morgan fingerprint density at radius 3 is 2.50 bits per heavy atom. The van der Waals surface area contributed by atoms with Gasteiger partial charge in [-0.2, -0.15) is 0 Å². The number of methoxy groups -OCH3 is 1. The Kier molecular flexibility index (Phi) is 4.06. The van der Waals surface area contributed by atoms with E-state index in [0.717, 1.165) is 0 Å². The van der Waals surface area contributed by atoms with Crippen LogP contribution in [0.15, 0.2) is 12.1 Å². The number of halogens is 2. The normalized spacial score (nSPS) is 20.9. The molecule has 0 aromatic heterocycles. The van der Waals surface area contributed by atoms with E-state index in [-0.39, 0.29) is 16.2 Å². The van der Waals surface area contributed by atoms with Crippen molar-refractivity contribution in [1.82, 2.24) is 0 Å². The molecule has 1 heterocycles. The van der Waals surface area contributed by atoms with Gasteiger partial charge >= 0.3 is 7.12 Å². The van der Waals surface area contributed by atoms with E-state index in [1.807, 2.05) is 13.8 Å². The van der Waals surface area contributed by atoms with Crippen molar-refractivity contribution in [3.63, 3.8) is 0 Å². The second kappa shape index (κ2) is 5.21. The van der Waals surface area contributed by atoms with Crippen molar-refractivity contribution in [2.24, 2.45) is 5.41 Å². The largest absolute Gasteiger partial charge is 0.495 e. The summed E-state index contributed by atoms with van der Waals surface area (Å²) < 4.78 is 30.6. The Hall–Kier alpha value is -0.775. The second-order valence-corrected chi connectivity index (χ2v) is 6.52. The smallest absolute Gasteiger partial charge is 0.494 e. The number of ether oxygens (including phenoxy) is 1. The Balaban J connectivity index is 2.33. The maximum atomic E-state index is 14.0. The van der Waals surface area contributed by atoms with E-state index in [2.05, 4.69) is 13.8 Å². The standard InChI is InChI=1S/C14H19BClFO3/c1-13(2)8-19-15(20-14(13,3)4)9-6-7-10(18-5)12(17)11(9)16/h6-7H,8H2,1-5H3. The summed E-state index contributed by atoms with van der Waals surface area (Å²) in [4.78, 5) is 0. The van der Waals surface area contributed by atoms with Crippen LogP contribution in [0, 0.1) is 11.2 Å². The minimum atomic E-state index is -0.675. The van der Waals surface area contributed by atoms with E-state index in [1.165, 1.54) is 13.2 Å². The highest BCUT2D eigenvalue weighted by Gasteiger charge is 2.47. The van der Waals surface area contributed by atoms with Crippen molar-refractivity contribution < 1.29 is 18.4 Å². The molecule has 0 amide bonds. The van der Waals surface area contributed by atoms with Crippen LogP contribution in [0.1, 0.15) is 27.7 Å². The third kappa shape index (κ3) is 2.54. The van der Waals surface area contributed by atoms with Gasteiger partial charge in [0, 0.05) is 17.5 Å². The van der Waals surface area contributed by atoms with Crippen molar-refractivity contribution in [3.05, 3.63) is 23.0 Å². The van der Waals surface area contributed by atoms with Gasteiger partial charge in [0.15, 0.2) is 11.6 Å². The summed E-state index contributed by atoms with van der Waals surface area (Å²) in [6, 6.07) is 3.19. The van der Waals surface area contributed by atoms with Crippen LogP contribution in [-0.4, -0.2) is 26.4 Å². The molecule has 1 fully saturated rings. The SMILES string of the molecule is COc1ccc(B2OCC(C)(C)C(C)(C)O2)c(Cl)c1F. The molecule has 0 atom stereocenters. The Morgan fingerprint density at radius 2 is 1.95 bits per heavy atom. The van der Waals surface area contributed by atoms with Crippen LogP contribution in [0.25, 0.3) is 0 Å². The summed E-state index contributed by atoms with van der Waals surface area (Å²) in [6.45, 7) is 8.64. The molecule has 0 spiro atoms. The maximum Gasteiger partial charge on any atom is 0.495 e. The van der Waals surface area contributed by atoms with E-state index in [1.54, 1.807) is 6.07 Å². The first kappa shape index (κ1) is 15.6. The number of benzene rings is 1. The summed E-state index contributed by atoms with van der Waals surface area (Å²) in [7, 11) is 0.721. The van der Waals surface area contributed by atoms with Gasteiger partial charge in [0.25, 0.3) is 0 Å². The average Bonchev–Trinajstić information content (AvgIpc) is 2.36. The fourth-order valence-electron chi connectivity index (χ4n) is 1.96. The molecule has 110 valence electrons. The Labute approximate surface area is 124 Å². The quantitative estimate of drug-likeness (QED) is 0.786. The van der Waals surface area contributed by atoms with Crippen molar-refractivity contribution in [3.8, 4) is 5.75 Å². The maximum absolute atomic E-state index is 14.0. The van der Waals surface area contributed by atoms with Gasteiger partial charge < -0.3 is 14.0 Å². The topological polar surface area (TPSA) is 27.7 Å². The summed E-state index contributed by atoms with van der Waals surface area (Å²) >= 11 is 6.06. The molecule has 1 aromatic rings. The monoisotopic (exact) mass is 300 g/mol. The van der Waals surface area contributed by atoms with Gasteiger partial charge in [-0.25, -0.2) is 4.39 Å². The van der Waals surface area contributed by atoms with Crippen LogP contribution in [0.4, 0.5) is 4.39 Å². The van der Waals surface area contributed by atoms with Crippen LogP contribution in [0.2, 0.25) is 5.02 Å². The first-order valence-corrected chi connectivity index (χ1v) is 6.89. The Bertz CT molecular complexity index is 519. The first-order valence-electron chi connectivity index (χ1n) is 6.51. The number of hydrogen-bond acceptors (Lipinski definition) is 3. The van der Waals surface area contributed by atoms with Crippen molar-refractivity contribution in [1.29, 1.82) is 0 Å². The summed E-state index contributed by atoms with van der Waals surface area (Å²) in [5.74, 6) is -0.490. The van der Waals surface area contributed by atoms with Crippen LogP contribution < -0.4 is 10.2 Å². The molecule has 0 unspecified atom stereocenters. The lowest BCUT2D eigenvalue weighted by Gasteiger charge is -2.47. The molecule has 0 saturated carbocycles. The molecular formula is C14H19BClFO3. The van der Waals surface area contributed by atoms with Crippen molar-refractivity contribution in [2.75, 3.05) is 13.7 Å². The zero-order chi connectivity index (χ0) is 15.1.